The number of ketones is 1. The first-order chi connectivity index (χ1) is 16.4. The third kappa shape index (κ3) is 7.54. The number of carbonyl (C=O) groups is 4. The Bertz CT molecular complexity index is 1010. The molecule has 3 rings (SSSR count). The van der Waals surface area contributed by atoms with E-state index in [0.717, 1.165) is 37.7 Å². The van der Waals surface area contributed by atoms with Crippen molar-refractivity contribution in [2.75, 3.05) is 5.32 Å². The van der Waals surface area contributed by atoms with Crippen molar-refractivity contribution in [2.24, 2.45) is 0 Å². The Labute approximate surface area is 200 Å². The van der Waals surface area contributed by atoms with Gasteiger partial charge in [-0.1, -0.05) is 37.1 Å². The molecular weight excluding hydrogens is 432 g/mol. The monoisotopic (exact) mass is 464 g/mol. The van der Waals surface area contributed by atoms with Crippen molar-refractivity contribution in [3.05, 3.63) is 65.8 Å². The van der Waals surface area contributed by atoms with E-state index in [9.17, 15) is 19.2 Å². The number of esters is 1. The number of amides is 2. The topological polar surface area (TPSA) is 102 Å². The van der Waals surface area contributed by atoms with Gasteiger partial charge < -0.3 is 15.4 Å². The van der Waals surface area contributed by atoms with E-state index in [1.807, 2.05) is 18.2 Å². The van der Waals surface area contributed by atoms with Crippen LogP contribution < -0.4 is 10.6 Å². The summed E-state index contributed by atoms with van der Waals surface area (Å²) in [5, 5.41) is 5.50. The Kier molecular flexibility index (Phi) is 8.96. The standard InChI is InChI=1S/C27H32N2O5/c1-20(30)28-23-16-14-22(15-17-23)26(33)29-27(18-7-4-8-19-27)34-25(32)13-6-3-2-5-10-21-11-9-12-24(21)31/h4,7-8,11,14-18H,2-3,5-6,9-10,12-13,19H2,1H3,(H,28,30)(H,29,33). The number of benzene rings is 1. The van der Waals surface area contributed by atoms with Crippen LogP contribution in [-0.4, -0.2) is 29.3 Å². The van der Waals surface area contributed by atoms with Gasteiger partial charge in [0.15, 0.2) is 5.78 Å². The average molecular weight is 465 g/mol. The molecule has 1 atom stereocenters. The van der Waals surface area contributed by atoms with Crippen LogP contribution >= 0.6 is 0 Å². The number of anilines is 1. The zero-order valence-electron chi connectivity index (χ0n) is 19.6. The van der Waals surface area contributed by atoms with Gasteiger partial charge in [-0.2, -0.15) is 0 Å². The van der Waals surface area contributed by atoms with Crippen molar-refractivity contribution >= 4 is 29.3 Å². The zero-order chi connectivity index (χ0) is 24.4. The van der Waals surface area contributed by atoms with Gasteiger partial charge in [0.1, 0.15) is 0 Å². The Morgan fingerprint density at radius 1 is 1.03 bits per heavy atom. The van der Waals surface area contributed by atoms with E-state index in [4.69, 9.17) is 4.74 Å². The number of allylic oxidation sites excluding steroid dienone is 4. The van der Waals surface area contributed by atoms with Crippen molar-refractivity contribution < 1.29 is 23.9 Å². The fraction of sp³-hybridized carbons (Fsp3) is 0.407. The molecule has 2 aliphatic carbocycles. The van der Waals surface area contributed by atoms with E-state index in [1.54, 1.807) is 36.4 Å². The van der Waals surface area contributed by atoms with Gasteiger partial charge in [-0.15, -0.1) is 0 Å². The van der Waals surface area contributed by atoms with E-state index >= 15 is 0 Å². The first-order valence-electron chi connectivity index (χ1n) is 11.9. The van der Waals surface area contributed by atoms with Gasteiger partial charge in [0.05, 0.1) is 0 Å². The van der Waals surface area contributed by atoms with Gasteiger partial charge in [-0.3, -0.25) is 19.2 Å². The summed E-state index contributed by atoms with van der Waals surface area (Å²) in [5.74, 6) is -0.662. The van der Waals surface area contributed by atoms with Crippen LogP contribution in [0.25, 0.3) is 0 Å². The predicted octanol–water partition coefficient (Wildman–Crippen LogP) is 4.76. The first kappa shape index (κ1) is 25.1. The normalized spacial score (nSPS) is 19.0. The van der Waals surface area contributed by atoms with Crippen LogP contribution in [0.4, 0.5) is 5.69 Å². The highest BCUT2D eigenvalue weighted by Gasteiger charge is 2.33. The van der Waals surface area contributed by atoms with Gasteiger partial charge >= 0.3 is 5.97 Å². The molecule has 0 fully saturated rings. The van der Waals surface area contributed by atoms with Crippen LogP contribution in [0.2, 0.25) is 0 Å². The lowest BCUT2D eigenvalue weighted by molar-refractivity contribution is -0.157. The van der Waals surface area contributed by atoms with Crippen LogP contribution in [0.5, 0.6) is 0 Å². The molecule has 0 radical (unpaired) electrons. The number of nitrogens with one attached hydrogen (secondary N) is 2. The number of hydrogen-bond acceptors (Lipinski definition) is 5. The second-order valence-corrected chi connectivity index (χ2v) is 8.67. The van der Waals surface area contributed by atoms with Crippen molar-refractivity contribution in [2.45, 2.75) is 70.4 Å². The van der Waals surface area contributed by atoms with E-state index in [-0.39, 0.29) is 30.0 Å². The number of unbranched alkanes of at least 4 members (excludes halogenated alkanes) is 3. The minimum Gasteiger partial charge on any atom is -0.435 e. The van der Waals surface area contributed by atoms with E-state index < -0.39 is 5.72 Å². The lowest BCUT2D eigenvalue weighted by atomic mass is 10.0. The molecule has 180 valence electrons. The van der Waals surface area contributed by atoms with Crippen LogP contribution in [0, 0.1) is 0 Å². The molecule has 7 nitrogen and oxygen atoms in total. The quantitative estimate of drug-likeness (QED) is 0.279. The highest BCUT2D eigenvalue weighted by Crippen LogP contribution is 2.23. The molecule has 2 amide bonds. The van der Waals surface area contributed by atoms with Crippen molar-refractivity contribution in [3.63, 3.8) is 0 Å². The molecule has 0 aromatic heterocycles. The molecule has 1 aromatic carbocycles. The van der Waals surface area contributed by atoms with E-state index in [2.05, 4.69) is 10.6 Å². The average Bonchev–Trinajstić information content (AvgIpc) is 3.21. The minimum atomic E-state index is -1.23. The van der Waals surface area contributed by atoms with Gasteiger partial charge in [0.2, 0.25) is 11.6 Å². The van der Waals surface area contributed by atoms with Crippen LogP contribution in [-0.2, 0) is 19.1 Å². The summed E-state index contributed by atoms with van der Waals surface area (Å²) < 4.78 is 5.73. The lowest BCUT2D eigenvalue weighted by Crippen LogP contribution is -2.50. The lowest BCUT2D eigenvalue weighted by Gasteiger charge is -2.32. The zero-order valence-corrected chi connectivity index (χ0v) is 19.6. The third-order valence-electron chi connectivity index (χ3n) is 5.82. The number of rotatable bonds is 11. The number of ether oxygens (including phenoxy) is 1. The number of hydrogen-bond donors (Lipinski definition) is 2. The molecule has 2 aliphatic rings. The van der Waals surface area contributed by atoms with Crippen LogP contribution in [0.1, 0.15) is 75.1 Å². The van der Waals surface area contributed by atoms with Crippen LogP contribution in [0.15, 0.2) is 60.2 Å². The molecule has 0 saturated carbocycles. The summed E-state index contributed by atoms with van der Waals surface area (Å²) >= 11 is 0. The minimum absolute atomic E-state index is 0.191. The largest absolute Gasteiger partial charge is 0.435 e. The predicted molar refractivity (Wildman–Crippen MR) is 130 cm³/mol. The molecule has 7 heteroatoms. The Balaban J connectivity index is 1.46. The van der Waals surface area contributed by atoms with Gasteiger partial charge in [0, 0.05) is 37.4 Å². The fourth-order valence-electron chi connectivity index (χ4n) is 4.05. The molecule has 0 saturated heterocycles. The summed E-state index contributed by atoms with van der Waals surface area (Å²) in [5.41, 5.74) is 0.716. The molecule has 0 aliphatic heterocycles. The Hall–Kier alpha value is -3.48. The summed E-state index contributed by atoms with van der Waals surface area (Å²) in [7, 11) is 0. The van der Waals surface area contributed by atoms with Gasteiger partial charge in [-0.05, 0) is 61.6 Å². The summed E-state index contributed by atoms with van der Waals surface area (Å²) in [6, 6.07) is 6.50. The molecule has 34 heavy (non-hydrogen) atoms. The fourth-order valence-corrected chi connectivity index (χ4v) is 4.05. The number of carbonyl (C=O) groups excluding carboxylic acids is 4. The van der Waals surface area contributed by atoms with E-state index in [0.29, 0.717) is 30.5 Å². The smallest absolute Gasteiger partial charge is 0.308 e. The molecule has 2 N–H and O–H groups in total. The highest BCUT2D eigenvalue weighted by atomic mass is 16.6. The second-order valence-electron chi connectivity index (χ2n) is 8.67. The molecule has 0 spiro atoms. The summed E-state index contributed by atoms with van der Waals surface area (Å²) in [4.78, 5) is 48.2. The molecule has 1 unspecified atom stereocenters. The Morgan fingerprint density at radius 2 is 1.79 bits per heavy atom. The maximum absolute atomic E-state index is 12.8. The third-order valence-corrected chi connectivity index (χ3v) is 5.82. The maximum atomic E-state index is 12.8. The highest BCUT2D eigenvalue weighted by molar-refractivity contribution is 5.97. The van der Waals surface area contributed by atoms with Crippen molar-refractivity contribution in [1.29, 1.82) is 0 Å². The van der Waals surface area contributed by atoms with Crippen LogP contribution in [0.3, 0.4) is 0 Å². The molecule has 0 bridgehead atoms. The maximum Gasteiger partial charge on any atom is 0.308 e. The first-order valence-corrected chi connectivity index (χ1v) is 11.9. The summed E-state index contributed by atoms with van der Waals surface area (Å²) in [6.07, 6.45) is 15.6. The molecule has 1 aromatic rings. The van der Waals surface area contributed by atoms with Gasteiger partial charge in [0.25, 0.3) is 5.91 Å². The second kappa shape index (κ2) is 12.1. The Morgan fingerprint density at radius 3 is 2.44 bits per heavy atom. The van der Waals surface area contributed by atoms with E-state index in [1.165, 1.54) is 6.92 Å². The molecule has 0 heterocycles. The van der Waals surface area contributed by atoms with Gasteiger partial charge in [-0.25, -0.2) is 0 Å². The SMILES string of the molecule is CC(=O)Nc1ccc(C(=O)NC2(OC(=O)CCCCCCC3=CCCC3=O)C=CC=CC2)cc1. The summed E-state index contributed by atoms with van der Waals surface area (Å²) in [6.45, 7) is 1.41. The van der Waals surface area contributed by atoms with Crippen molar-refractivity contribution in [3.8, 4) is 0 Å². The molecular formula is C27H32N2O5. The number of Topliss-reactive ketones (excluding diaryl/α,β-unsaturated/α-hetero) is 1. The van der Waals surface area contributed by atoms with Crippen molar-refractivity contribution in [1.82, 2.24) is 5.32 Å².